The van der Waals surface area contributed by atoms with Gasteiger partial charge in [0, 0.05) is 118 Å². The molecule has 2 amide bonds. The molecule has 6 heterocycles. The maximum Gasteiger partial charge on any atom is 0.301 e. The molecule has 0 saturated carbocycles. The van der Waals surface area contributed by atoms with Gasteiger partial charge in [-0.05, 0) is 104 Å². The number of imide groups is 1. The van der Waals surface area contributed by atoms with Crippen LogP contribution in [0.1, 0.15) is 62.0 Å². The Hall–Kier alpha value is -5.78. The van der Waals surface area contributed by atoms with Crippen LogP contribution in [-0.2, 0) is 19.8 Å². The van der Waals surface area contributed by atoms with Crippen LogP contribution in [-0.4, -0.2) is 103 Å². The molecule has 2 aromatic heterocycles. The number of aromatic nitrogens is 3. The maximum atomic E-state index is 16.4. The number of carbonyl (C=O) groups excluding carboxylic acids is 2. The number of carbonyl (C=O) groups is 2. The highest BCUT2D eigenvalue weighted by atomic mass is 32.2. The Morgan fingerprint density at radius 3 is 2.05 bits per heavy atom. The van der Waals surface area contributed by atoms with Crippen LogP contribution in [0.3, 0.4) is 0 Å². The number of benzene rings is 3. The fraction of sp³-hybridized carbons (Fsp3) is 0.391. The molecule has 13 nitrogen and oxygen atoms in total. The van der Waals surface area contributed by atoms with E-state index >= 15 is 4.39 Å². The lowest BCUT2D eigenvalue weighted by Crippen LogP contribution is -2.49. The molecule has 9 rings (SSSR count). The Morgan fingerprint density at radius 2 is 1.40 bits per heavy atom. The predicted octanol–water partition coefficient (Wildman–Crippen LogP) is 6.99. The number of amides is 2. The largest absolute Gasteiger partial charge is 0.372 e. The van der Waals surface area contributed by atoms with E-state index in [9.17, 15) is 26.8 Å². The van der Waals surface area contributed by atoms with Gasteiger partial charge in [0.25, 0.3) is 6.43 Å². The summed E-state index contributed by atoms with van der Waals surface area (Å²) in [4.78, 5) is 35.3. The van der Waals surface area contributed by atoms with Gasteiger partial charge >= 0.3 is 10.2 Å². The minimum absolute atomic E-state index is 0.201. The van der Waals surface area contributed by atoms with Crippen LogP contribution >= 0.6 is 0 Å². The van der Waals surface area contributed by atoms with E-state index in [1.54, 1.807) is 35.4 Å². The lowest BCUT2D eigenvalue weighted by molar-refractivity contribution is -0.134. The first kappa shape index (κ1) is 42.5. The smallest absolute Gasteiger partial charge is 0.301 e. The number of piperazine rings is 1. The van der Waals surface area contributed by atoms with Crippen molar-refractivity contribution in [1.29, 1.82) is 0 Å². The fourth-order valence-corrected chi connectivity index (χ4v) is 10.6. The minimum atomic E-state index is -4.17. The van der Waals surface area contributed by atoms with E-state index in [2.05, 4.69) is 41.9 Å². The molecule has 5 aromatic rings. The van der Waals surface area contributed by atoms with Crippen molar-refractivity contribution in [2.75, 3.05) is 73.4 Å². The van der Waals surface area contributed by atoms with E-state index in [4.69, 9.17) is 5.10 Å². The summed E-state index contributed by atoms with van der Waals surface area (Å²) in [5.41, 5.74) is 3.68. The summed E-state index contributed by atoms with van der Waals surface area (Å²) in [5, 5.41) is 7.26. The second kappa shape index (κ2) is 18.1. The number of rotatable bonds is 12. The number of nitrogens with zero attached hydrogens (tertiary/aromatic N) is 7. The van der Waals surface area contributed by atoms with Crippen LogP contribution < -0.4 is 19.8 Å². The first-order chi connectivity index (χ1) is 30.5. The average molecular weight is 882 g/mol. The number of anilines is 3. The molecule has 4 fully saturated rings. The van der Waals surface area contributed by atoms with E-state index < -0.39 is 33.7 Å². The maximum absolute atomic E-state index is 16.4. The Bertz CT molecular complexity index is 2540. The van der Waals surface area contributed by atoms with Gasteiger partial charge in [-0.15, -0.1) is 0 Å². The van der Waals surface area contributed by atoms with Crippen LogP contribution in [0.2, 0.25) is 0 Å². The normalized spacial score (nSPS) is 19.5. The van der Waals surface area contributed by atoms with Crippen molar-refractivity contribution in [1.82, 2.24) is 29.3 Å². The third kappa shape index (κ3) is 9.31. The SMILES string of the molecule is O=C1CC[C@H](c2ccc(N3CCC(CN4CCN(c5ccc(-n6cc(-c7cc(C(F)F)cc(NS(=O)(=O)N8CCCC8)c7F)c(-c7ccncc7)n6)cc5)CC4)CC3)cc2)C(=O)N1. The van der Waals surface area contributed by atoms with Gasteiger partial charge in [0.1, 0.15) is 5.69 Å². The first-order valence-electron chi connectivity index (χ1n) is 21.7. The first-order valence-corrected chi connectivity index (χ1v) is 23.1. The zero-order valence-electron chi connectivity index (χ0n) is 34.8. The Labute approximate surface area is 365 Å². The summed E-state index contributed by atoms with van der Waals surface area (Å²) in [7, 11) is -4.17. The van der Waals surface area contributed by atoms with Crippen molar-refractivity contribution in [2.45, 2.75) is 50.9 Å². The molecule has 0 aliphatic carbocycles. The molecule has 4 saturated heterocycles. The second-order valence-corrected chi connectivity index (χ2v) is 18.5. The van der Waals surface area contributed by atoms with Crippen molar-refractivity contribution < 1.29 is 31.2 Å². The number of halogens is 3. The summed E-state index contributed by atoms with van der Waals surface area (Å²) in [6.45, 7) is 7.20. The molecule has 0 unspecified atom stereocenters. The van der Waals surface area contributed by atoms with E-state index in [1.807, 2.05) is 36.4 Å². The predicted molar refractivity (Wildman–Crippen MR) is 236 cm³/mol. The molecule has 63 heavy (non-hydrogen) atoms. The van der Waals surface area contributed by atoms with Crippen LogP contribution in [0.25, 0.3) is 28.1 Å². The molecular formula is C46H50F3N9O4S. The van der Waals surface area contributed by atoms with Crippen LogP contribution in [0.4, 0.5) is 30.2 Å². The van der Waals surface area contributed by atoms with Gasteiger partial charge in [-0.25, -0.2) is 17.9 Å². The van der Waals surface area contributed by atoms with Crippen LogP contribution in [0, 0.1) is 11.7 Å². The topological polar surface area (TPSA) is 136 Å². The molecule has 0 bridgehead atoms. The zero-order valence-corrected chi connectivity index (χ0v) is 35.6. The standard InChI is InChI=1S/C46H50F3N9O4S/c47-43-39(27-34(45(48)49)28-41(43)53-63(61,62)57-19-1-2-20-57)40-30-58(52-44(40)33-13-17-50-18-14-33)37-9-7-36(8-10-37)56-25-23-54(24-26-56)29-31-15-21-55(22-16-31)35-5-3-32(4-6-35)38-11-12-42(59)51-46(38)60/h3-10,13-14,17-18,27-28,30-31,38,45,53H,1-2,11-12,15-16,19-26,29H2,(H,51,59,60)/t38-/m1/s1. The molecule has 0 spiro atoms. The Kier molecular flexibility index (Phi) is 12.2. The summed E-state index contributed by atoms with van der Waals surface area (Å²) in [6, 6.07) is 21.4. The number of hydrogen-bond acceptors (Lipinski definition) is 9. The lowest BCUT2D eigenvalue weighted by Gasteiger charge is -2.40. The third-order valence-electron chi connectivity index (χ3n) is 12.8. The number of pyridine rings is 1. The van der Waals surface area contributed by atoms with Crippen molar-refractivity contribution in [3.8, 4) is 28.1 Å². The summed E-state index contributed by atoms with van der Waals surface area (Å²) >= 11 is 0. The zero-order chi connectivity index (χ0) is 43.7. The quantitative estimate of drug-likeness (QED) is 0.127. The fourth-order valence-electron chi connectivity index (χ4n) is 9.27. The van der Waals surface area contributed by atoms with Crippen molar-refractivity contribution in [2.24, 2.45) is 5.92 Å². The Morgan fingerprint density at radius 1 is 0.762 bits per heavy atom. The molecular weight excluding hydrogens is 832 g/mol. The summed E-state index contributed by atoms with van der Waals surface area (Å²) in [5.74, 6) is -1.05. The molecule has 4 aliphatic rings. The van der Waals surface area contributed by atoms with Crippen molar-refractivity contribution in [3.63, 3.8) is 0 Å². The third-order valence-corrected chi connectivity index (χ3v) is 14.4. The minimum Gasteiger partial charge on any atom is -0.372 e. The molecule has 1 atom stereocenters. The monoisotopic (exact) mass is 881 g/mol. The highest BCUT2D eigenvalue weighted by Crippen LogP contribution is 2.39. The van der Waals surface area contributed by atoms with Gasteiger partial charge in [-0.3, -0.25) is 29.5 Å². The Balaban J connectivity index is 0.842. The van der Waals surface area contributed by atoms with Crippen LogP contribution in [0.15, 0.2) is 91.4 Å². The van der Waals surface area contributed by atoms with Gasteiger partial charge in [0.2, 0.25) is 11.8 Å². The number of nitrogens with one attached hydrogen (secondary N) is 2. The molecule has 3 aromatic carbocycles. The molecule has 4 aliphatic heterocycles. The summed E-state index contributed by atoms with van der Waals surface area (Å²) in [6.07, 6.45) is 6.18. The molecule has 0 radical (unpaired) electrons. The van der Waals surface area contributed by atoms with Gasteiger partial charge in [0.15, 0.2) is 5.82 Å². The van der Waals surface area contributed by atoms with Crippen LogP contribution in [0.5, 0.6) is 0 Å². The van der Waals surface area contributed by atoms with Crippen molar-refractivity contribution in [3.05, 3.63) is 108 Å². The van der Waals surface area contributed by atoms with E-state index in [-0.39, 0.29) is 41.9 Å². The highest BCUT2D eigenvalue weighted by Gasteiger charge is 2.31. The van der Waals surface area contributed by atoms with Crippen molar-refractivity contribution >= 4 is 39.1 Å². The van der Waals surface area contributed by atoms with Gasteiger partial charge in [-0.1, -0.05) is 12.1 Å². The second-order valence-electron chi connectivity index (χ2n) is 16.8. The number of piperidine rings is 2. The van der Waals surface area contributed by atoms with E-state index in [0.717, 1.165) is 87.7 Å². The lowest BCUT2D eigenvalue weighted by atomic mass is 9.90. The van der Waals surface area contributed by atoms with E-state index in [0.29, 0.717) is 48.5 Å². The summed E-state index contributed by atoms with van der Waals surface area (Å²) < 4.78 is 76.3. The van der Waals surface area contributed by atoms with Gasteiger partial charge in [-0.2, -0.15) is 17.8 Å². The van der Waals surface area contributed by atoms with E-state index in [1.165, 1.54) is 4.31 Å². The molecule has 2 N–H and O–H groups in total. The van der Waals surface area contributed by atoms with Gasteiger partial charge < -0.3 is 9.80 Å². The molecule has 330 valence electrons. The number of hydrogen-bond donors (Lipinski definition) is 2. The number of alkyl halides is 2. The molecule has 17 heteroatoms. The highest BCUT2D eigenvalue weighted by molar-refractivity contribution is 7.90. The van der Waals surface area contributed by atoms with Gasteiger partial charge in [0.05, 0.1) is 17.3 Å². The average Bonchev–Trinajstić information content (AvgIpc) is 4.01.